The summed E-state index contributed by atoms with van der Waals surface area (Å²) in [5.74, 6) is 0.709. The first-order chi connectivity index (χ1) is 12.8. The van der Waals surface area contributed by atoms with Crippen LogP contribution in [0.3, 0.4) is 0 Å². The zero-order valence-corrected chi connectivity index (χ0v) is 14.5. The number of benzene rings is 1. The van der Waals surface area contributed by atoms with E-state index in [1.54, 1.807) is 19.5 Å². The zero-order chi connectivity index (χ0) is 17.9. The van der Waals surface area contributed by atoms with Crippen molar-refractivity contribution in [2.24, 2.45) is 0 Å². The molecule has 1 atom stereocenters. The third kappa shape index (κ3) is 3.01. The highest BCUT2D eigenvalue weighted by atomic mass is 16.5. The molecule has 1 aliphatic heterocycles. The molecule has 132 valence electrons. The summed E-state index contributed by atoms with van der Waals surface area (Å²) in [5.41, 5.74) is 2.85. The molecular formula is C20H20N4O2. The Balaban J connectivity index is 1.64. The fourth-order valence-corrected chi connectivity index (χ4v) is 3.39. The van der Waals surface area contributed by atoms with Crippen molar-refractivity contribution in [3.8, 4) is 5.75 Å². The lowest BCUT2D eigenvalue weighted by atomic mass is 10.0. The summed E-state index contributed by atoms with van der Waals surface area (Å²) in [7, 11) is 1.61. The van der Waals surface area contributed by atoms with Crippen molar-refractivity contribution in [3.05, 3.63) is 78.4 Å². The van der Waals surface area contributed by atoms with Crippen LogP contribution in [0.1, 0.15) is 17.3 Å². The topological polar surface area (TPSA) is 59.4 Å². The Hall–Kier alpha value is -3.28. The lowest BCUT2D eigenvalue weighted by Gasteiger charge is -2.37. The maximum atomic E-state index is 13.0. The third-order valence-electron chi connectivity index (χ3n) is 4.64. The molecule has 0 radical (unpaired) electrons. The molecule has 0 fully saturated rings. The second-order valence-electron chi connectivity index (χ2n) is 6.17. The van der Waals surface area contributed by atoms with E-state index in [4.69, 9.17) is 4.74 Å². The highest BCUT2D eigenvalue weighted by molar-refractivity contribution is 5.90. The molecule has 4 rings (SSSR count). The number of hydrogen-bond donors (Lipinski definition) is 1. The molecule has 0 aliphatic carbocycles. The van der Waals surface area contributed by atoms with Gasteiger partial charge >= 0.3 is 6.03 Å². The largest absolute Gasteiger partial charge is 0.497 e. The number of aromatic nitrogens is 2. The molecule has 6 heteroatoms. The summed E-state index contributed by atoms with van der Waals surface area (Å²) in [6, 6.07) is 15.1. The zero-order valence-electron chi connectivity index (χ0n) is 14.5. The minimum Gasteiger partial charge on any atom is -0.497 e. The predicted molar refractivity (Wildman–Crippen MR) is 99.2 cm³/mol. The molecule has 0 spiro atoms. The van der Waals surface area contributed by atoms with Gasteiger partial charge in [0.25, 0.3) is 0 Å². The van der Waals surface area contributed by atoms with E-state index in [1.807, 2.05) is 47.4 Å². The van der Waals surface area contributed by atoms with Gasteiger partial charge in [0.15, 0.2) is 0 Å². The first-order valence-corrected chi connectivity index (χ1v) is 8.53. The second kappa shape index (κ2) is 6.92. The molecule has 2 aromatic heterocycles. The van der Waals surface area contributed by atoms with Gasteiger partial charge in [-0.15, -0.1) is 0 Å². The van der Waals surface area contributed by atoms with Crippen molar-refractivity contribution in [2.45, 2.75) is 12.6 Å². The summed E-state index contributed by atoms with van der Waals surface area (Å²) in [6.07, 6.45) is 5.57. The van der Waals surface area contributed by atoms with Crippen LogP contribution in [0.2, 0.25) is 0 Å². The molecule has 1 aliphatic rings. The lowest BCUT2D eigenvalue weighted by Crippen LogP contribution is -2.44. The maximum absolute atomic E-state index is 13.0. The number of carbonyl (C=O) groups is 1. The van der Waals surface area contributed by atoms with Gasteiger partial charge in [-0.3, -0.25) is 4.98 Å². The van der Waals surface area contributed by atoms with Gasteiger partial charge in [-0.25, -0.2) is 4.79 Å². The van der Waals surface area contributed by atoms with E-state index in [0.717, 1.165) is 17.8 Å². The Kier molecular flexibility index (Phi) is 4.31. The SMILES string of the molecule is COc1cccc(NC(=O)N2CCn3cccc3[C@@H]2c2ccncc2)c1. The Morgan fingerprint density at radius 3 is 2.81 bits per heavy atom. The molecule has 0 bridgehead atoms. The number of methoxy groups -OCH3 is 1. The van der Waals surface area contributed by atoms with Crippen molar-refractivity contribution < 1.29 is 9.53 Å². The molecule has 1 N–H and O–H groups in total. The molecule has 26 heavy (non-hydrogen) atoms. The molecule has 2 amide bonds. The van der Waals surface area contributed by atoms with Crippen LogP contribution in [-0.2, 0) is 6.54 Å². The number of nitrogens with one attached hydrogen (secondary N) is 1. The molecule has 1 aromatic carbocycles. The number of nitrogens with zero attached hydrogens (tertiary/aromatic N) is 3. The number of carbonyl (C=O) groups excluding carboxylic acids is 1. The summed E-state index contributed by atoms with van der Waals surface area (Å²) < 4.78 is 7.43. The number of rotatable bonds is 3. The second-order valence-corrected chi connectivity index (χ2v) is 6.17. The fraction of sp³-hybridized carbons (Fsp3) is 0.200. The maximum Gasteiger partial charge on any atom is 0.322 e. The number of urea groups is 1. The fourth-order valence-electron chi connectivity index (χ4n) is 3.39. The minimum atomic E-state index is -0.146. The number of hydrogen-bond acceptors (Lipinski definition) is 3. The van der Waals surface area contributed by atoms with Gasteiger partial charge in [0.1, 0.15) is 5.75 Å². The van der Waals surface area contributed by atoms with Gasteiger partial charge in [-0.1, -0.05) is 6.07 Å². The van der Waals surface area contributed by atoms with Crippen LogP contribution in [0.5, 0.6) is 5.75 Å². The number of pyridine rings is 1. The first kappa shape index (κ1) is 16.2. The van der Waals surface area contributed by atoms with Crippen LogP contribution in [0, 0.1) is 0 Å². The van der Waals surface area contributed by atoms with Crippen molar-refractivity contribution in [1.82, 2.24) is 14.5 Å². The van der Waals surface area contributed by atoms with Crippen LogP contribution in [0.25, 0.3) is 0 Å². The van der Waals surface area contributed by atoms with Gasteiger partial charge in [-0.05, 0) is 42.0 Å². The normalized spacial score (nSPS) is 16.0. The van der Waals surface area contributed by atoms with Gasteiger partial charge in [0.05, 0.1) is 13.2 Å². The van der Waals surface area contributed by atoms with Crippen LogP contribution in [-0.4, -0.2) is 34.1 Å². The lowest BCUT2D eigenvalue weighted by molar-refractivity contribution is 0.182. The Morgan fingerprint density at radius 1 is 1.15 bits per heavy atom. The van der Waals surface area contributed by atoms with E-state index >= 15 is 0 Å². The average Bonchev–Trinajstić information content (AvgIpc) is 3.16. The summed E-state index contributed by atoms with van der Waals surface area (Å²) in [4.78, 5) is 19.0. The molecule has 6 nitrogen and oxygen atoms in total. The van der Waals surface area contributed by atoms with E-state index in [1.165, 1.54) is 0 Å². The Bertz CT molecular complexity index is 907. The molecular weight excluding hydrogens is 328 g/mol. The molecule has 3 heterocycles. The van der Waals surface area contributed by atoms with Crippen molar-refractivity contribution in [2.75, 3.05) is 19.0 Å². The van der Waals surface area contributed by atoms with Crippen molar-refractivity contribution in [1.29, 1.82) is 0 Å². The third-order valence-corrected chi connectivity index (χ3v) is 4.64. The van der Waals surface area contributed by atoms with E-state index < -0.39 is 0 Å². The van der Waals surface area contributed by atoms with Crippen molar-refractivity contribution in [3.63, 3.8) is 0 Å². The van der Waals surface area contributed by atoms with E-state index in [2.05, 4.69) is 27.1 Å². The quantitative estimate of drug-likeness (QED) is 0.788. The number of amides is 2. The highest BCUT2D eigenvalue weighted by Gasteiger charge is 2.32. The molecule has 0 saturated carbocycles. The summed E-state index contributed by atoms with van der Waals surface area (Å²) in [5, 5.41) is 2.99. The van der Waals surface area contributed by atoms with Gasteiger partial charge in [-0.2, -0.15) is 0 Å². The predicted octanol–water partition coefficient (Wildman–Crippen LogP) is 3.53. The Morgan fingerprint density at radius 2 is 2.00 bits per heavy atom. The highest BCUT2D eigenvalue weighted by Crippen LogP contribution is 2.32. The number of anilines is 1. The molecule has 0 saturated heterocycles. The van der Waals surface area contributed by atoms with E-state index in [-0.39, 0.29) is 12.1 Å². The monoisotopic (exact) mass is 348 g/mol. The molecule has 3 aromatic rings. The standard InChI is InChI=1S/C20H20N4O2/c1-26-17-5-2-4-16(14-17)22-20(25)24-13-12-23-11-3-6-18(23)19(24)15-7-9-21-10-8-15/h2-11,14,19H,12-13H2,1H3,(H,22,25)/t19-/m0/s1. The Labute approximate surface area is 152 Å². The number of fused-ring (bicyclic) bond motifs is 1. The van der Waals surface area contributed by atoms with Crippen LogP contribution in [0.15, 0.2) is 67.1 Å². The van der Waals surface area contributed by atoms with Crippen molar-refractivity contribution >= 4 is 11.7 Å². The van der Waals surface area contributed by atoms with Crippen LogP contribution < -0.4 is 10.1 Å². The molecule has 0 unspecified atom stereocenters. The van der Waals surface area contributed by atoms with E-state index in [9.17, 15) is 4.79 Å². The van der Waals surface area contributed by atoms with Gasteiger partial charge in [0.2, 0.25) is 0 Å². The van der Waals surface area contributed by atoms with Gasteiger partial charge in [0, 0.05) is 49.1 Å². The number of ether oxygens (including phenoxy) is 1. The van der Waals surface area contributed by atoms with Crippen LogP contribution in [0.4, 0.5) is 10.5 Å². The summed E-state index contributed by atoms with van der Waals surface area (Å²) >= 11 is 0. The van der Waals surface area contributed by atoms with Gasteiger partial charge < -0.3 is 19.5 Å². The van der Waals surface area contributed by atoms with E-state index in [0.29, 0.717) is 18.0 Å². The smallest absolute Gasteiger partial charge is 0.322 e. The van der Waals surface area contributed by atoms with Crippen LogP contribution >= 0.6 is 0 Å². The first-order valence-electron chi connectivity index (χ1n) is 8.53. The summed E-state index contributed by atoms with van der Waals surface area (Å²) in [6.45, 7) is 1.40. The minimum absolute atomic E-state index is 0.132. The average molecular weight is 348 g/mol.